The Morgan fingerprint density at radius 2 is 2.15 bits per heavy atom. The second kappa shape index (κ2) is 6.36. The van der Waals surface area contributed by atoms with Crippen LogP contribution >= 0.6 is 0 Å². The molecule has 2 aromatic heterocycles. The largest absolute Gasteiger partial charge is 0.468 e. The van der Waals surface area contributed by atoms with Gasteiger partial charge in [0.25, 0.3) is 0 Å². The Kier molecular flexibility index (Phi) is 4.02. The summed E-state index contributed by atoms with van der Waals surface area (Å²) in [6.45, 7) is 0.553. The topological polar surface area (TPSA) is 81.9 Å². The fourth-order valence-electron chi connectivity index (χ4n) is 3.17. The molecule has 1 saturated carbocycles. The number of benzene rings is 1. The summed E-state index contributed by atoms with van der Waals surface area (Å²) < 4.78 is 20.3. The van der Waals surface area contributed by atoms with Crippen molar-refractivity contribution in [3.8, 4) is 0 Å². The third-order valence-electron chi connectivity index (χ3n) is 4.83. The summed E-state index contributed by atoms with van der Waals surface area (Å²) in [6, 6.07) is 6.90. The average Bonchev–Trinajstić information content (AvgIpc) is 3.34. The van der Waals surface area contributed by atoms with Crippen molar-refractivity contribution >= 4 is 22.8 Å². The van der Waals surface area contributed by atoms with Gasteiger partial charge in [0.1, 0.15) is 24.5 Å². The molecule has 1 aromatic carbocycles. The molecule has 0 spiro atoms. The maximum atomic E-state index is 14.2. The second-order valence-electron chi connectivity index (χ2n) is 6.45. The quantitative estimate of drug-likeness (QED) is 0.683. The lowest BCUT2D eigenvalue weighted by Gasteiger charge is -2.18. The molecule has 1 fully saturated rings. The molecule has 0 unspecified atom stereocenters. The van der Waals surface area contributed by atoms with Gasteiger partial charge in [0.15, 0.2) is 5.65 Å². The minimum Gasteiger partial charge on any atom is -0.468 e. The van der Waals surface area contributed by atoms with Crippen molar-refractivity contribution in [2.24, 2.45) is 0 Å². The van der Waals surface area contributed by atoms with Gasteiger partial charge in [-0.2, -0.15) is 5.10 Å². The molecule has 2 heterocycles. The molecule has 8 heteroatoms. The number of hydrogen-bond donors (Lipinski definition) is 1. The van der Waals surface area contributed by atoms with E-state index in [1.54, 1.807) is 12.3 Å². The van der Waals surface area contributed by atoms with Gasteiger partial charge in [-0.05, 0) is 24.5 Å². The van der Waals surface area contributed by atoms with Crippen LogP contribution in [0, 0.1) is 5.82 Å². The number of carbonyl (C=O) groups is 1. The van der Waals surface area contributed by atoms with Crippen LogP contribution in [-0.4, -0.2) is 39.4 Å². The summed E-state index contributed by atoms with van der Waals surface area (Å²) in [6.07, 6.45) is 4.89. The number of aromatic nitrogens is 4. The highest BCUT2D eigenvalue weighted by Crippen LogP contribution is 2.49. The average molecular weight is 355 g/mol. The first kappa shape index (κ1) is 16.4. The van der Waals surface area contributed by atoms with E-state index >= 15 is 0 Å². The van der Waals surface area contributed by atoms with Crippen molar-refractivity contribution in [3.05, 3.63) is 48.2 Å². The fraction of sp³-hybridized carbons (Fsp3) is 0.333. The lowest BCUT2D eigenvalue weighted by molar-refractivity contribution is -0.141. The zero-order chi connectivity index (χ0) is 18.1. The fourth-order valence-corrected chi connectivity index (χ4v) is 3.17. The van der Waals surface area contributed by atoms with Crippen molar-refractivity contribution in [1.29, 1.82) is 0 Å². The standard InChI is InChI=1S/C18H18FN5O2/c1-26-15(25)9-24-17-12(8-23-24)16(21-11-22-17)20-10-18(6-7-18)13-4-2-3-5-14(13)19/h2-5,8,11H,6-7,9-10H2,1H3,(H,20,21,22). The van der Waals surface area contributed by atoms with Crippen molar-refractivity contribution in [2.45, 2.75) is 24.8 Å². The third kappa shape index (κ3) is 2.87. The van der Waals surface area contributed by atoms with Crippen LogP contribution in [0.1, 0.15) is 18.4 Å². The molecule has 0 amide bonds. The zero-order valence-corrected chi connectivity index (χ0v) is 14.3. The van der Waals surface area contributed by atoms with E-state index in [1.807, 2.05) is 12.1 Å². The summed E-state index contributed by atoms with van der Waals surface area (Å²) in [5.74, 6) is 0.0406. The van der Waals surface area contributed by atoms with Crippen LogP contribution in [-0.2, 0) is 21.5 Å². The first-order valence-corrected chi connectivity index (χ1v) is 8.35. The van der Waals surface area contributed by atoms with E-state index in [4.69, 9.17) is 0 Å². The molecule has 7 nitrogen and oxygen atoms in total. The van der Waals surface area contributed by atoms with Crippen molar-refractivity contribution in [1.82, 2.24) is 19.7 Å². The van der Waals surface area contributed by atoms with Crippen LogP contribution in [0.3, 0.4) is 0 Å². The number of nitrogens with zero attached hydrogens (tertiary/aromatic N) is 4. The minimum absolute atomic E-state index is 0.0182. The number of halogens is 1. The molecule has 1 aliphatic carbocycles. The van der Waals surface area contributed by atoms with Crippen LogP contribution in [0.4, 0.5) is 10.2 Å². The Bertz CT molecular complexity index is 967. The molecule has 0 aliphatic heterocycles. The molecule has 0 atom stereocenters. The number of fused-ring (bicyclic) bond motifs is 1. The van der Waals surface area contributed by atoms with E-state index in [0.29, 0.717) is 23.4 Å². The molecule has 1 N–H and O–H groups in total. The number of nitrogens with one attached hydrogen (secondary N) is 1. The molecule has 4 rings (SSSR count). The first-order valence-electron chi connectivity index (χ1n) is 8.35. The highest BCUT2D eigenvalue weighted by atomic mass is 19.1. The summed E-state index contributed by atoms with van der Waals surface area (Å²) in [5, 5.41) is 8.21. The molecule has 134 valence electrons. The number of methoxy groups -OCH3 is 1. The van der Waals surface area contributed by atoms with Crippen LogP contribution < -0.4 is 5.32 Å². The predicted octanol–water partition coefficient (Wildman–Crippen LogP) is 2.28. The van der Waals surface area contributed by atoms with Crippen LogP contribution in [0.2, 0.25) is 0 Å². The van der Waals surface area contributed by atoms with Gasteiger partial charge in [0, 0.05) is 12.0 Å². The normalized spacial score (nSPS) is 15.0. The van der Waals surface area contributed by atoms with E-state index in [9.17, 15) is 9.18 Å². The van der Waals surface area contributed by atoms with Crippen molar-refractivity contribution in [3.63, 3.8) is 0 Å². The number of rotatable bonds is 6. The summed E-state index contributed by atoms with van der Waals surface area (Å²) in [4.78, 5) is 20.0. The molecule has 0 radical (unpaired) electrons. The van der Waals surface area contributed by atoms with Crippen molar-refractivity contribution < 1.29 is 13.9 Å². The highest BCUT2D eigenvalue weighted by Gasteiger charge is 2.45. The zero-order valence-electron chi connectivity index (χ0n) is 14.3. The van der Waals surface area contributed by atoms with Gasteiger partial charge in [-0.3, -0.25) is 4.79 Å². The van der Waals surface area contributed by atoms with Gasteiger partial charge in [-0.1, -0.05) is 18.2 Å². The number of carbonyl (C=O) groups excluding carboxylic acids is 1. The summed E-state index contributed by atoms with van der Waals surface area (Å²) in [7, 11) is 1.33. The van der Waals surface area contributed by atoms with Gasteiger partial charge in [0.2, 0.25) is 0 Å². The smallest absolute Gasteiger partial charge is 0.327 e. The van der Waals surface area contributed by atoms with Gasteiger partial charge in [-0.25, -0.2) is 19.0 Å². The van der Waals surface area contributed by atoms with Gasteiger partial charge >= 0.3 is 5.97 Å². The van der Waals surface area contributed by atoms with Crippen molar-refractivity contribution in [2.75, 3.05) is 19.0 Å². The molecule has 1 aliphatic rings. The molecular formula is C18H18FN5O2. The van der Waals surface area contributed by atoms with Gasteiger partial charge in [-0.15, -0.1) is 0 Å². The Balaban J connectivity index is 1.57. The Morgan fingerprint density at radius 1 is 1.35 bits per heavy atom. The first-order chi connectivity index (χ1) is 12.6. The molecule has 26 heavy (non-hydrogen) atoms. The lowest BCUT2D eigenvalue weighted by atomic mass is 9.95. The maximum absolute atomic E-state index is 14.2. The number of hydrogen-bond acceptors (Lipinski definition) is 6. The molecular weight excluding hydrogens is 337 g/mol. The maximum Gasteiger partial charge on any atom is 0.327 e. The van der Waals surface area contributed by atoms with E-state index in [1.165, 1.54) is 24.2 Å². The minimum atomic E-state index is -0.403. The number of esters is 1. The Labute approximate surface area is 149 Å². The molecule has 0 saturated heterocycles. The van der Waals surface area contributed by atoms with E-state index in [0.717, 1.165) is 18.4 Å². The summed E-state index contributed by atoms with van der Waals surface area (Å²) in [5.41, 5.74) is 1.08. The lowest BCUT2D eigenvalue weighted by Crippen LogP contribution is -2.21. The number of anilines is 1. The SMILES string of the molecule is COC(=O)Cn1ncc2c(NCC3(c4ccccc4F)CC3)ncnc21. The third-order valence-corrected chi connectivity index (χ3v) is 4.83. The predicted molar refractivity (Wildman–Crippen MR) is 93.1 cm³/mol. The van der Waals surface area contributed by atoms with E-state index in [-0.39, 0.29) is 17.8 Å². The Hall–Kier alpha value is -3.03. The van der Waals surface area contributed by atoms with Crippen LogP contribution in [0.25, 0.3) is 11.0 Å². The van der Waals surface area contributed by atoms with Crippen LogP contribution in [0.5, 0.6) is 0 Å². The van der Waals surface area contributed by atoms with Gasteiger partial charge < -0.3 is 10.1 Å². The summed E-state index contributed by atoms with van der Waals surface area (Å²) >= 11 is 0. The molecule has 3 aromatic rings. The van der Waals surface area contributed by atoms with Crippen LogP contribution in [0.15, 0.2) is 36.8 Å². The highest BCUT2D eigenvalue weighted by molar-refractivity contribution is 5.87. The second-order valence-corrected chi connectivity index (χ2v) is 6.45. The van der Waals surface area contributed by atoms with Gasteiger partial charge in [0.05, 0.1) is 18.7 Å². The van der Waals surface area contributed by atoms with E-state index in [2.05, 4.69) is 25.1 Å². The number of ether oxygens (including phenoxy) is 1. The monoisotopic (exact) mass is 355 g/mol. The molecule has 0 bridgehead atoms. The Morgan fingerprint density at radius 3 is 2.88 bits per heavy atom. The van der Waals surface area contributed by atoms with E-state index < -0.39 is 5.97 Å².